The highest BCUT2D eigenvalue weighted by Gasteiger charge is 2.35. The van der Waals surface area contributed by atoms with Gasteiger partial charge < -0.3 is 10.0 Å². The van der Waals surface area contributed by atoms with Crippen LogP contribution in [0.3, 0.4) is 0 Å². The number of hydrogen-bond donors (Lipinski definition) is 1. The molecule has 0 aromatic heterocycles. The van der Waals surface area contributed by atoms with Crippen LogP contribution in [0, 0.1) is 11.8 Å². The van der Waals surface area contributed by atoms with E-state index in [-0.39, 0.29) is 23.7 Å². The topological polar surface area (TPSA) is 57.6 Å². The molecule has 1 amide bonds. The lowest BCUT2D eigenvalue weighted by atomic mass is 9.99. The van der Waals surface area contributed by atoms with Gasteiger partial charge in [0.2, 0.25) is 5.91 Å². The summed E-state index contributed by atoms with van der Waals surface area (Å²) in [5, 5.41) is 9.02. The quantitative estimate of drug-likeness (QED) is 0.906. The fourth-order valence-corrected chi connectivity index (χ4v) is 3.13. The molecule has 1 N–H and O–H groups in total. The molecule has 1 aliphatic carbocycles. The second-order valence-electron chi connectivity index (χ2n) is 6.08. The van der Waals surface area contributed by atoms with Crippen molar-refractivity contribution in [2.24, 2.45) is 11.8 Å². The van der Waals surface area contributed by atoms with E-state index in [1.54, 1.807) is 4.90 Å². The fraction of sp³-hybridized carbons (Fsp3) is 0.529. The molecule has 1 fully saturated rings. The van der Waals surface area contributed by atoms with Gasteiger partial charge in [-0.1, -0.05) is 37.3 Å². The van der Waals surface area contributed by atoms with Gasteiger partial charge in [-0.3, -0.25) is 9.59 Å². The van der Waals surface area contributed by atoms with Crippen molar-refractivity contribution in [1.29, 1.82) is 0 Å². The Morgan fingerprint density at radius 1 is 1.24 bits per heavy atom. The van der Waals surface area contributed by atoms with Crippen LogP contribution in [0.2, 0.25) is 0 Å². The molecule has 0 unspecified atom stereocenters. The van der Waals surface area contributed by atoms with Gasteiger partial charge in [0.05, 0.1) is 5.92 Å². The molecule has 0 saturated heterocycles. The van der Waals surface area contributed by atoms with E-state index in [2.05, 4.69) is 19.1 Å². The second kappa shape index (κ2) is 6.74. The summed E-state index contributed by atoms with van der Waals surface area (Å²) in [6.07, 6.45) is 1.80. The zero-order chi connectivity index (χ0) is 15.4. The summed E-state index contributed by atoms with van der Waals surface area (Å²) in [5.41, 5.74) is 1.21. The third-order valence-corrected chi connectivity index (χ3v) is 4.42. The number of rotatable bonds is 5. The highest BCUT2D eigenvalue weighted by molar-refractivity contribution is 5.80. The zero-order valence-electron chi connectivity index (χ0n) is 12.7. The molecular weight excluding hydrogens is 266 g/mol. The number of carboxylic acids is 1. The van der Waals surface area contributed by atoms with E-state index in [4.69, 9.17) is 5.11 Å². The number of carboxylic acid groups (broad SMARTS) is 1. The molecule has 21 heavy (non-hydrogen) atoms. The predicted octanol–water partition coefficient (Wildman–Crippen LogP) is 2.75. The van der Waals surface area contributed by atoms with E-state index in [1.807, 2.05) is 25.2 Å². The van der Waals surface area contributed by atoms with Gasteiger partial charge in [-0.15, -0.1) is 0 Å². The average molecular weight is 289 g/mol. The van der Waals surface area contributed by atoms with Crippen molar-refractivity contribution in [2.45, 2.75) is 32.1 Å². The van der Waals surface area contributed by atoms with Crippen molar-refractivity contribution in [1.82, 2.24) is 4.90 Å². The molecule has 114 valence electrons. The first-order valence-electron chi connectivity index (χ1n) is 7.51. The first-order chi connectivity index (χ1) is 9.99. The number of amides is 1. The van der Waals surface area contributed by atoms with Crippen LogP contribution >= 0.6 is 0 Å². The lowest BCUT2D eigenvalue weighted by Crippen LogP contribution is -2.34. The zero-order valence-corrected chi connectivity index (χ0v) is 12.7. The Labute approximate surface area is 125 Å². The molecule has 3 atom stereocenters. The summed E-state index contributed by atoms with van der Waals surface area (Å²) in [6.45, 7) is 2.77. The molecule has 1 saturated carbocycles. The number of hydrogen-bond acceptors (Lipinski definition) is 2. The van der Waals surface area contributed by atoms with Crippen LogP contribution < -0.4 is 0 Å². The van der Waals surface area contributed by atoms with Gasteiger partial charge in [-0.2, -0.15) is 0 Å². The van der Waals surface area contributed by atoms with Crippen molar-refractivity contribution in [3.63, 3.8) is 0 Å². The highest BCUT2D eigenvalue weighted by Crippen LogP contribution is 2.32. The van der Waals surface area contributed by atoms with Crippen molar-refractivity contribution in [2.75, 3.05) is 13.6 Å². The SMILES string of the molecule is C[C@@H](CN(C)C(=O)[C@@H]1CC[C@H](C(=O)O)C1)c1ccccc1. The Balaban J connectivity index is 1.90. The third kappa shape index (κ3) is 3.84. The van der Waals surface area contributed by atoms with Gasteiger partial charge in [0.15, 0.2) is 0 Å². The summed E-state index contributed by atoms with van der Waals surface area (Å²) in [6, 6.07) is 10.1. The molecule has 0 spiro atoms. The van der Waals surface area contributed by atoms with Crippen LogP contribution in [0.25, 0.3) is 0 Å². The maximum Gasteiger partial charge on any atom is 0.306 e. The third-order valence-electron chi connectivity index (χ3n) is 4.42. The maximum atomic E-state index is 12.4. The Morgan fingerprint density at radius 2 is 1.86 bits per heavy atom. The number of carbonyl (C=O) groups is 2. The molecule has 1 aromatic rings. The van der Waals surface area contributed by atoms with Crippen LogP contribution in [0.1, 0.15) is 37.7 Å². The normalized spacial score (nSPS) is 22.8. The Hall–Kier alpha value is -1.84. The van der Waals surface area contributed by atoms with Crippen LogP contribution in [0.15, 0.2) is 30.3 Å². The standard InChI is InChI=1S/C17H23NO3/c1-12(13-6-4-3-5-7-13)11-18(2)16(19)14-8-9-15(10-14)17(20)21/h3-7,12,14-15H,8-11H2,1-2H3,(H,20,21)/t12-,14+,15-/m0/s1. The molecule has 0 radical (unpaired) electrons. The summed E-state index contributed by atoms with van der Waals surface area (Å²) >= 11 is 0. The molecule has 1 aliphatic rings. The molecule has 1 aromatic carbocycles. The smallest absolute Gasteiger partial charge is 0.306 e. The lowest BCUT2D eigenvalue weighted by Gasteiger charge is -2.24. The second-order valence-corrected chi connectivity index (χ2v) is 6.08. The van der Waals surface area contributed by atoms with Crippen molar-refractivity contribution >= 4 is 11.9 Å². The monoisotopic (exact) mass is 289 g/mol. The number of benzene rings is 1. The van der Waals surface area contributed by atoms with E-state index in [1.165, 1.54) is 5.56 Å². The highest BCUT2D eigenvalue weighted by atomic mass is 16.4. The predicted molar refractivity (Wildman–Crippen MR) is 81.0 cm³/mol. The van der Waals surface area contributed by atoms with Crippen LogP contribution in [0.4, 0.5) is 0 Å². The molecule has 4 heteroatoms. The summed E-state index contributed by atoms with van der Waals surface area (Å²) in [7, 11) is 1.82. The van der Waals surface area contributed by atoms with Crippen molar-refractivity contribution in [3.05, 3.63) is 35.9 Å². The molecule has 4 nitrogen and oxygen atoms in total. The van der Waals surface area contributed by atoms with Gasteiger partial charge >= 0.3 is 5.97 Å². The number of carbonyl (C=O) groups excluding carboxylic acids is 1. The Kier molecular flexibility index (Phi) is 4.99. The van der Waals surface area contributed by atoms with Crippen LogP contribution in [-0.2, 0) is 9.59 Å². The van der Waals surface area contributed by atoms with E-state index >= 15 is 0 Å². The molecule has 2 rings (SSSR count). The van der Waals surface area contributed by atoms with E-state index in [0.29, 0.717) is 25.8 Å². The summed E-state index contributed by atoms with van der Waals surface area (Å²) in [4.78, 5) is 25.1. The Bertz CT molecular complexity index is 500. The van der Waals surface area contributed by atoms with E-state index in [9.17, 15) is 9.59 Å². The number of likely N-dealkylation sites (N-methyl/N-ethyl adjacent to an activating group) is 1. The van der Waals surface area contributed by atoms with Gasteiger partial charge in [0.25, 0.3) is 0 Å². The average Bonchev–Trinajstić information content (AvgIpc) is 2.97. The van der Waals surface area contributed by atoms with E-state index < -0.39 is 5.97 Å². The summed E-state index contributed by atoms with van der Waals surface area (Å²) in [5.74, 6) is -0.887. The van der Waals surface area contributed by atoms with Gasteiger partial charge in [-0.05, 0) is 30.7 Å². The van der Waals surface area contributed by atoms with Crippen molar-refractivity contribution in [3.8, 4) is 0 Å². The molecule has 0 bridgehead atoms. The largest absolute Gasteiger partial charge is 0.481 e. The van der Waals surface area contributed by atoms with Gasteiger partial charge in [0.1, 0.15) is 0 Å². The van der Waals surface area contributed by atoms with Crippen molar-refractivity contribution < 1.29 is 14.7 Å². The number of aliphatic carboxylic acids is 1. The van der Waals surface area contributed by atoms with E-state index in [0.717, 1.165) is 0 Å². The molecule has 0 aliphatic heterocycles. The van der Waals surface area contributed by atoms with Crippen LogP contribution in [0.5, 0.6) is 0 Å². The van der Waals surface area contributed by atoms with Gasteiger partial charge in [-0.25, -0.2) is 0 Å². The minimum absolute atomic E-state index is 0.0848. The molecular formula is C17H23NO3. The minimum atomic E-state index is -0.773. The maximum absolute atomic E-state index is 12.4. The number of nitrogens with zero attached hydrogens (tertiary/aromatic N) is 1. The minimum Gasteiger partial charge on any atom is -0.481 e. The first kappa shape index (κ1) is 15.5. The lowest BCUT2D eigenvalue weighted by molar-refractivity contribution is -0.141. The van der Waals surface area contributed by atoms with Gasteiger partial charge in [0, 0.05) is 19.5 Å². The Morgan fingerprint density at radius 3 is 2.43 bits per heavy atom. The summed E-state index contributed by atoms with van der Waals surface area (Å²) < 4.78 is 0. The molecule has 0 heterocycles. The fourth-order valence-electron chi connectivity index (χ4n) is 3.13. The van der Waals surface area contributed by atoms with Crippen LogP contribution in [-0.4, -0.2) is 35.5 Å². The first-order valence-corrected chi connectivity index (χ1v) is 7.51.